The molecule has 0 heterocycles. The monoisotopic (exact) mass is 347 g/mol. The van der Waals surface area contributed by atoms with Crippen LogP contribution in [0, 0.1) is 11.6 Å². The number of Topliss-reactive ketones (excluding diaryl/α,β-unsaturated/α-hetero) is 1. The maximum Gasteiger partial charge on any atom is 0.260 e. The molecular formula is C19H19F2NO3. The number of likely N-dealkylation sites (N-methyl/N-ethyl adjacent to an activating group) is 1. The van der Waals surface area contributed by atoms with E-state index >= 15 is 0 Å². The highest BCUT2D eigenvalue weighted by Crippen LogP contribution is 2.21. The van der Waals surface area contributed by atoms with Crippen LogP contribution in [-0.2, 0) is 4.79 Å². The Kier molecular flexibility index (Phi) is 5.85. The molecule has 0 fully saturated rings. The van der Waals surface area contributed by atoms with Crippen molar-refractivity contribution in [2.75, 3.05) is 13.7 Å². The van der Waals surface area contributed by atoms with Gasteiger partial charge in [-0.3, -0.25) is 9.59 Å². The van der Waals surface area contributed by atoms with E-state index in [9.17, 15) is 18.4 Å². The van der Waals surface area contributed by atoms with Gasteiger partial charge in [-0.05, 0) is 55.8 Å². The van der Waals surface area contributed by atoms with Crippen LogP contribution in [0.1, 0.15) is 35.8 Å². The largest absolute Gasteiger partial charge is 0.484 e. The van der Waals surface area contributed by atoms with Gasteiger partial charge >= 0.3 is 0 Å². The lowest BCUT2D eigenvalue weighted by Gasteiger charge is -2.25. The predicted octanol–water partition coefficient (Wildman–Crippen LogP) is 3.77. The Hall–Kier alpha value is -2.76. The number of rotatable bonds is 6. The van der Waals surface area contributed by atoms with Crippen molar-refractivity contribution < 1.29 is 23.1 Å². The van der Waals surface area contributed by atoms with Crippen LogP contribution in [0.2, 0.25) is 0 Å². The summed E-state index contributed by atoms with van der Waals surface area (Å²) in [5, 5.41) is 0. The first-order valence-corrected chi connectivity index (χ1v) is 7.74. The van der Waals surface area contributed by atoms with Gasteiger partial charge in [-0.25, -0.2) is 8.78 Å². The van der Waals surface area contributed by atoms with Crippen molar-refractivity contribution >= 4 is 11.7 Å². The van der Waals surface area contributed by atoms with Crippen molar-refractivity contribution in [3.8, 4) is 5.75 Å². The highest BCUT2D eigenvalue weighted by Gasteiger charge is 2.19. The number of ether oxygens (including phenoxy) is 1. The summed E-state index contributed by atoms with van der Waals surface area (Å²) in [6.07, 6.45) is 0. The fourth-order valence-corrected chi connectivity index (χ4v) is 2.24. The van der Waals surface area contributed by atoms with Gasteiger partial charge in [0, 0.05) is 12.6 Å². The molecule has 0 bridgehead atoms. The third-order valence-electron chi connectivity index (χ3n) is 4.02. The number of halogens is 2. The summed E-state index contributed by atoms with van der Waals surface area (Å²) in [6, 6.07) is 9.58. The van der Waals surface area contributed by atoms with E-state index in [2.05, 4.69) is 0 Å². The first-order chi connectivity index (χ1) is 11.8. The van der Waals surface area contributed by atoms with Gasteiger partial charge in [-0.15, -0.1) is 0 Å². The Labute approximate surface area is 145 Å². The zero-order chi connectivity index (χ0) is 18.6. The van der Waals surface area contributed by atoms with Gasteiger partial charge in [0.05, 0.1) is 6.04 Å². The topological polar surface area (TPSA) is 46.6 Å². The molecule has 25 heavy (non-hydrogen) atoms. The minimum absolute atomic E-state index is 0.0530. The summed E-state index contributed by atoms with van der Waals surface area (Å²) < 4.78 is 31.8. The number of amides is 1. The molecule has 1 unspecified atom stereocenters. The van der Waals surface area contributed by atoms with E-state index in [1.807, 2.05) is 0 Å². The number of carbonyl (C=O) groups is 2. The van der Waals surface area contributed by atoms with Crippen molar-refractivity contribution in [1.29, 1.82) is 0 Å². The van der Waals surface area contributed by atoms with Gasteiger partial charge in [0.2, 0.25) is 0 Å². The van der Waals surface area contributed by atoms with E-state index in [4.69, 9.17) is 4.74 Å². The number of nitrogens with zero attached hydrogens (tertiary/aromatic N) is 1. The number of benzene rings is 2. The van der Waals surface area contributed by atoms with Gasteiger partial charge in [-0.2, -0.15) is 0 Å². The Balaban J connectivity index is 1.97. The van der Waals surface area contributed by atoms with E-state index in [0.29, 0.717) is 16.9 Å². The summed E-state index contributed by atoms with van der Waals surface area (Å²) in [5.41, 5.74) is 1.04. The molecule has 0 radical (unpaired) electrons. The zero-order valence-electron chi connectivity index (χ0n) is 14.3. The molecule has 0 spiro atoms. The molecule has 0 aliphatic carbocycles. The standard InChI is InChI=1S/C19H19F2NO3/c1-12(15-6-9-17(20)18(21)10-15)22(3)19(24)11-25-16-7-4-14(5-8-16)13(2)23/h4-10,12H,11H2,1-3H3. The molecule has 2 aromatic rings. The van der Waals surface area contributed by atoms with Crippen molar-refractivity contribution in [3.05, 3.63) is 65.2 Å². The zero-order valence-corrected chi connectivity index (χ0v) is 14.3. The maximum absolute atomic E-state index is 13.3. The molecule has 132 valence electrons. The molecule has 6 heteroatoms. The molecule has 0 N–H and O–H groups in total. The van der Waals surface area contributed by atoms with E-state index in [-0.39, 0.29) is 18.3 Å². The van der Waals surface area contributed by atoms with Crippen molar-refractivity contribution in [2.24, 2.45) is 0 Å². The Bertz CT molecular complexity index is 775. The van der Waals surface area contributed by atoms with E-state index in [0.717, 1.165) is 12.1 Å². The van der Waals surface area contributed by atoms with Crippen LogP contribution >= 0.6 is 0 Å². The van der Waals surface area contributed by atoms with E-state index in [1.165, 1.54) is 17.9 Å². The first kappa shape index (κ1) is 18.6. The van der Waals surface area contributed by atoms with Crippen LogP contribution < -0.4 is 4.74 Å². The van der Waals surface area contributed by atoms with E-state index in [1.54, 1.807) is 38.2 Å². The molecule has 1 atom stereocenters. The average molecular weight is 347 g/mol. The molecule has 0 aliphatic rings. The smallest absolute Gasteiger partial charge is 0.260 e. The molecule has 0 saturated carbocycles. The highest BCUT2D eigenvalue weighted by atomic mass is 19.2. The molecule has 2 rings (SSSR count). The first-order valence-electron chi connectivity index (χ1n) is 7.74. The van der Waals surface area contributed by atoms with Crippen LogP contribution in [0.25, 0.3) is 0 Å². The number of ketones is 1. The van der Waals surface area contributed by atoms with Crippen LogP contribution in [0.5, 0.6) is 5.75 Å². The Morgan fingerprint density at radius 3 is 2.28 bits per heavy atom. The lowest BCUT2D eigenvalue weighted by molar-refractivity contribution is -0.134. The third kappa shape index (κ3) is 4.62. The third-order valence-corrected chi connectivity index (χ3v) is 4.02. The maximum atomic E-state index is 13.3. The second-order valence-corrected chi connectivity index (χ2v) is 5.72. The summed E-state index contributed by atoms with van der Waals surface area (Å²) in [6.45, 7) is 2.98. The quantitative estimate of drug-likeness (QED) is 0.748. The average Bonchev–Trinajstić information content (AvgIpc) is 2.61. The second kappa shape index (κ2) is 7.88. The molecular weight excluding hydrogens is 328 g/mol. The minimum atomic E-state index is -0.952. The van der Waals surface area contributed by atoms with Gasteiger partial charge in [0.25, 0.3) is 5.91 Å². The predicted molar refractivity (Wildman–Crippen MR) is 89.5 cm³/mol. The lowest BCUT2D eigenvalue weighted by atomic mass is 10.1. The van der Waals surface area contributed by atoms with Crippen LogP contribution in [0.3, 0.4) is 0 Å². The second-order valence-electron chi connectivity index (χ2n) is 5.72. The van der Waals surface area contributed by atoms with Gasteiger partial charge < -0.3 is 9.64 Å². The number of hydrogen-bond acceptors (Lipinski definition) is 3. The molecule has 0 saturated heterocycles. The summed E-state index contributed by atoms with van der Waals surface area (Å²) in [4.78, 5) is 24.9. The minimum Gasteiger partial charge on any atom is -0.484 e. The molecule has 0 aromatic heterocycles. The fraction of sp³-hybridized carbons (Fsp3) is 0.263. The SMILES string of the molecule is CC(=O)c1ccc(OCC(=O)N(C)C(C)c2ccc(F)c(F)c2)cc1. The summed E-state index contributed by atoms with van der Waals surface area (Å²) in [5.74, 6) is -1.78. The number of carbonyl (C=O) groups excluding carboxylic acids is 2. The molecule has 4 nitrogen and oxygen atoms in total. The van der Waals surface area contributed by atoms with Crippen LogP contribution in [-0.4, -0.2) is 30.2 Å². The number of hydrogen-bond donors (Lipinski definition) is 0. The molecule has 2 aromatic carbocycles. The van der Waals surface area contributed by atoms with Crippen LogP contribution in [0.4, 0.5) is 8.78 Å². The Morgan fingerprint density at radius 2 is 1.72 bits per heavy atom. The van der Waals surface area contributed by atoms with Crippen molar-refractivity contribution in [1.82, 2.24) is 4.90 Å². The normalized spacial score (nSPS) is 11.7. The van der Waals surface area contributed by atoms with Crippen molar-refractivity contribution in [2.45, 2.75) is 19.9 Å². The Morgan fingerprint density at radius 1 is 1.08 bits per heavy atom. The molecule has 1 amide bonds. The summed E-state index contributed by atoms with van der Waals surface area (Å²) >= 11 is 0. The lowest BCUT2D eigenvalue weighted by Crippen LogP contribution is -2.33. The fourth-order valence-electron chi connectivity index (χ4n) is 2.24. The van der Waals surface area contributed by atoms with Gasteiger partial charge in [-0.1, -0.05) is 6.07 Å². The molecule has 0 aliphatic heterocycles. The van der Waals surface area contributed by atoms with Gasteiger partial charge in [0.1, 0.15) is 5.75 Å². The van der Waals surface area contributed by atoms with Crippen LogP contribution in [0.15, 0.2) is 42.5 Å². The van der Waals surface area contributed by atoms with Crippen molar-refractivity contribution in [3.63, 3.8) is 0 Å². The van der Waals surface area contributed by atoms with Gasteiger partial charge in [0.15, 0.2) is 24.0 Å². The summed E-state index contributed by atoms with van der Waals surface area (Å²) in [7, 11) is 1.57. The van der Waals surface area contributed by atoms with E-state index < -0.39 is 17.7 Å². The highest BCUT2D eigenvalue weighted by molar-refractivity contribution is 5.94.